The second kappa shape index (κ2) is 21.9. The third-order valence-corrected chi connectivity index (χ3v) is 11.5. The quantitative estimate of drug-likeness (QED) is 0.0394. The standard InChI is InChI=1S/C48H66O8/c1-9-17-21-31(13-5)45(49)53-39-29-40(54-46(50)32(14-6)22-18-10-2)36-27-28-38-42(56-48(52)34(16-8)24-20-12-4)30-41(37-26-25-35(39)43(36)44(37)38)55-47(51)33(15-7)23-19-11-3/h25-34H,9-24H2,1-8H3. The molecule has 4 aromatic rings. The third-order valence-electron chi connectivity index (χ3n) is 11.5. The summed E-state index contributed by atoms with van der Waals surface area (Å²) in [4.78, 5) is 55.0. The molecule has 0 aromatic heterocycles. The molecule has 4 unspecified atom stereocenters. The molecule has 0 amide bonds. The minimum absolute atomic E-state index is 0.284. The number of carbonyl (C=O) groups excluding carboxylic acids is 4. The molecule has 0 aliphatic heterocycles. The first-order chi connectivity index (χ1) is 27.1. The monoisotopic (exact) mass is 770 g/mol. The van der Waals surface area contributed by atoms with Gasteiger partial charge in [-0.25, -0.2) is 0 Å². The van der Waals surface area contributed by atoms with Gasteiger partial charge in [-0.15, -0.1) is 0 Å². The highest BCUT2D eigenvalue weighted by Gasteiger charge is 2.29. The van der Waals surface area contributed by atoms with E-state index in [1.807, 2.05) is 52.0 Å². The van der Waals surface area contributed by atoms with Crippen molar-refractivity contribution in [3.05, 3.63) is 36.4 Å². The van der Waals surface area contributed by atoms with E-state index < -0.39 is 0 Å². The van der Waals surface area contributed by atoms with Crippen LogP contribution in [0.25, 0.3) is 32.3 Å². The van der Waals surface area contributed by atoms with Crippen molar-refractivity contribution in [2.75, 3.05) is 0 Å². The second-order valence-corrected chi connectivity index (χ2v) is 15.5. The lowest BCUT2D eigenvalue weighted by molar-refractivity contribution is -0.140. The summed E-state index contributed by atoms with van der Waals surface area (Å²) in [6.45, 7) is 16.4. The predicted octanol–water partition coefficient (Wildman–Crippen LogP) is 13.1. The van der Waals surface area contributed by atoms with Gasteiger partial charge in [0.05, 0.1) is 23.7 Å². The van der Waals surface area contributed by atoms with Gasteiger partial charge in [0.25, 0.3) is 0 Å². The van der Waals surface area contributed by atoms with Crippen LogP contribution in [0.4, 0.5) is 0 Å². The zero-order valence-corrected chi connectivity index (χ0v) is 35.4. The van der Waals surface area contributed by atoms with Gasteiger partial charge >= 0.3 is 23.9 Å². The van der Waals surface area contributed by atoms with Crippen molar-refractivity contribution in [2.24, 2.45) is 23.7 Å². The van der Waals surface area contributed by atoms with Crippen LogP contribution in [0.2, 0.25) is 0 Å². The lowest BCUT2D eigenvalue weighted by Gasteiger charge is -2.22. The van der Waals surface area contributed by atoms with Crippen molar-refractivity contribution >= 4 is 56.2 Å². The zero-order chi connectivity index (χ0) is 40.8. The van der Waals surface area contributed by atoms with Gasteiger partial charge < -0.3 is 18.9 Å². The maximum Gasteiger partial charge on any atom is 0.314 e. The molecular formula is C48H66O8. The Morgan fingerprint density at radius 2 is 0.607 bits per heavy atom. The van der Waals surface area contributed by atoms with Crippen LogP contribution in [0.15, 0.2) is 36.4 Å². The molecule has 0 saturated heterocycles. The lowest BCUT2D eigenvalue weighted by atomic mass is 9.92. The number of rotatable bonds is 24. The van der Waals surface area contributed by atoms with Crippen molar-refractivity contribution in [3.63, 3.8) is 0 Å². The highest BCUT2D eigenvalue weighted by Crippen LogP contribution is 2.49. The van der Waals surface area contributed by atoms with Crippen LogP contribution in [-0.4, -0.2) is 23.9 Å². The molecule has 0 bridgehead atoms. The molecule has 0 N–H and O–H groups in total. The van der Waals surface area contributed by atoms with Gasteiger partial charge in [0.15, 0.2) is 0 Å². The van der Waals surface area contributed by atoms with Gasteiger partial charge in [-0.2, -0.15) is 0 Å². The second-order valence-electron chi connectivity index (χ2n) is 15.5. The topological polar surface area (TPSA) is 105 Å². The van der Waals surface area contributed by atoms with E-state index in [9.17, 15) is 19.2 Å². The maximum atomic E-state index is 13.8. The molecule has 4 rings (SSSR count). The van der Waals surface area contributed by atoms with Crippen LogP contribution < -0.4 is 18.9 Å². The average Bonchev–Trinajstić information content (AvgIpc) is 3.19. The van der Waals surface area contributed by atoms with Crippen LogP contribution in [0.3, 0.4) is 0 Å². The summed E-state index contributed by atoms with van der Waals surface area (Å²) in [7, 11) is 0. The molecule has 8 nitrogen and oxygen atoms in total. The number of ether oxygens (including phenoxy) is 4. The summed E-state index contributed by atoms with van der Waals surface area (Å²) in [5.41, 5.74) is 0. The number of hydrogen-bond donors (Lipinski definition) is 0. The largest absolute Gasteiger partial charge is 0.426 e. The minimum Gasteiger partial charge on any atom is -0.426 e. The average molecular weight is 771 g/mol. The molecule has 56 heavy (non-hydrogen) atoms. The van der Waals surface area contributed by atoms with E-state index in [0.717, 1.165) is 51.4 Å². The van der Waals surface area contributed by atoms with Crippen molar-refractivity contribution in [1.82, 2.24) is 0 Å². The van der Waals surface area contributed by atoms with Crippen LogP contribution >= 0.6 is 0 Å². The molecule has 306 valence electrons. The molecule has 0 saturated carbocycles. The summed E-state index contributed by atoms with van der Waals surface area (Å²) in [6.07, 6.45) is 12.9. The molecule has 4 aromatic carbocycles. The third kappa shape index (κ3) is 10.6. The van der Waals surface area contributed by atoms with Gasteiger partial charge in [-0.1, -0.05) is 107 Å². The van der Waals surface area contributed by atoms with Crippen LogP contribution in [0.1, 0.15) is 158 Å². The number of benzene rings is 4. The maximum absolute atomic E-state index is 13.8. The first-order valence-corrected chi connectivity index (χ1v) is 21.8. The summed E-state index contributed by atoms with van der Waals surface area (Å²) < 4.78 is 25.0. The van der Waals surface area contributed by atoms with Crippen molar-refractivity contribution in [3.8, 4) is 23.0 Å². The van der Waals surface area contributed by atoms with E-state index in [4.69, 9.17) is 18.9 Å². The van der Waals surface area contributed by atoms with Crippen LogP contribution in [-0.2, 0) is 19.2 Å². The Bertz CT molecular complexity index is 1640. The van der Waals surface area contributed by atoms with Crippen LogP contribution in [0.5, 0.6) is 23.0 Å². The number of esters is 4. The minimum atomic E-state index is -0.331. The Hall–Kier alpha value is -4.20. The summed E-state index contributed by atoms with van der Waals surface area (Å²) >= 11 is 0. The van der Waals surface area contributed by atoms with Crippen molar-refractivity contribution in [2.45, 2.75) is 158 Å². The number of unbranched alkanes of at least 4 members (excludes halogenated alkanes) is 4. The smallest absolute Gasteiger partial charge is 0.314 e. The first kappa shape index (κ1) is 44.5. The number of hydrogen-bond acceptors (Lipinski definition) is 8. The van der Waals surface area contributed by atoms with E-state index in [2.05, 4.69) is 27.7 Å². The van der Waals surface area contributed by atoms with E-state index >= 15 is 0 Å². The van der Waals surface area contributed by atoms with Gasteiger partial charge in [-0.3, -0.25) is 19.2 Å². The van der Waals surface area contributed by atoms with Gasteiger partial charge in [0, 0.05) is 44.5 Å². The Morgan fingerprint density at radius 1 is 0.393 bits per heavy atom. The van der Waals surface area contributed by atoms with E-state index in [0.29, 0.717) is 83.7 Å². The Morgan fingerprint density at radius 3 is 0.786 bits per heavy atom. The number of carbonyl (C=O) groups is 4. The van der Waals surface area contributed by atoms with Gasteiger partial charge in [-0.05, 0) is 75.6 Å². The van der Waals surface area contributed by atoms with E-state index in [1.165, 1.54) is 0 Å². The van der Waals surface area contributed by atoms with Gasteiger partial charge in [0.2, 0.25) is 0 Å². The Labute approximate surface area is 334 Å². The Kier molecular flexibility index (Phi) is 17.4. The molecule has 0 spiro atoms. The first-order valence-electron chi connectivity index (χ1n) is 21.8. The normalized spacial score (nSPS) is 13.8. The van der Waals surface area contributed by atoms with Crippen LogP contribution in [0, 0.1) is 23.7 Å². The van der Waals surface area contributed by atoms with E-state index in [1.54, 1.807) is 12.1 Å². The fourth-order valence-corrected chi connectivity index (χ4v) is 7.73. The fourth-order valence-electron chi connectivity index (χ4n) is 7.73. The highest BCUT2D eigenvalue weighted by molar-refractivity contribution is 6.28. The molecular weight excluding hydrogens is 705 g/mol. The SMILES string of the molecule is CCCCC(CC)C(=O)Oc1cc(OC(=O)C(CC)CCCC)c2ccc3c(OC(=O)C(CC)CCCC)cc(OC(=O)C(CC)CCCC)c4ccc1c2c43. The molecule has 0 aliphatic rings. The molecule has 8 heteroatoms. The van der Waals surface area contributed by atoms with Crippen molar-refractivity contribution in [1.29, 1.82) is 0 Å². The molecule has 0 radical (unpaired) electrons. The molecule has 0 heterocycles. The van der Waals surface area contributed by atoms with Crippen molar-refractivity contribution < 1.29 is 38.1 Å². The molecule has 0 aliphatic carbocycles. The Balaban J connectivity index is 2.01. The van der Waals surface area contributed by atoms with E-state index in [-0.39, 0.29) is 70.5 Å². The zero-order valence-electron chi connectivity index (χ0n) is 35.4. The molecule has 4 atom stereocenters. The summed E-state index contributed by atoms with van der Waals surface area (Å²) in [5, 5.41) is 3.89. The molecule has 0 fully saturated rings. The van der Waals surface area contributed by atoms with Gasteiger partial charge in [0.1, 0.15) is 23.0 Å². The predicted molar refractivity (Wildman–Crippen MR) is 226 cm³/mol. The highest BCUT2D eigenvalue weighted by atomic mass is 16.6. The summed E-state index contributed by atoms with van der Waals surface area (Å²) in [6, 6.07) is 10.8. The summed E-state index contributed by atoms with van der Waals surface area (Å²) in [5.74, 6) is -1.32. The fraction of sp³-hybridized carbons (Fsp3) is 0.583. The lowest BCUT2D eigenvalue weighted by Crippen LogP contribution is -2.22.